The molecule has 1 amide bonds. The number of amides is 1. The summed E-state index contributed by atoms with van der Waals surface area (Å²) in [6.07, 6.45) is 2.23. The zero-order valence-corrected chi connectivity index (χ0v) is 14.2. The Bertz CT molecular complexity index is 588. The van der Waals surface area contributed by atoms with E-state index in [0.29, 0.717) is 26.2 Å². The van der Waals surface area contributed by atoms with Crippen LogP contribution in [-0.4, -0.2) is 54.2 Å². The third-order valence-corrected chi connectivity index (χ3v) is 5.20. The Labute approximate surface area is 145 Å². The number of hydrogen-bond acceptors (Lipinski definition) is 4. The summed E-state index contributed by atoms with van der Waals surface area (Å²) in [7, 11) is 0. The van der Waals surface area contributed by atoms with E-state index < -0.39 is 9.75 Å². The molecule has 5 nitrogen and oxygen atoms in total. The summed E-state index contributed by atoms with van der Waals surface area (Å²) >= 11 is 12.6. The van der Waals surface area contributed by atoms with E-state index in [1.165, 1.54) is 0 Å². The smallest absolute Gasteiger partial charge is 0.254 e. The van der Waals surface area contributed by atoms with E-state index in [2.05, 4.69) is 10.5 Å². The summed E-state index contributed by atoms with van der Waals surface area (Å²) in [6, 6.07) is 9.74. The van der Waals surface area contributed by atoms with Crippen LogP contribution in [0.3, 0.4) is 0 Å². The first-order chi connectivity index (χ1) is 11.0. The van der Waals surface area contributed by atoms with Gasteiger partial charge in [-0.05, 0) is 12.0 Å². The maximum atomic E-state index is 11.9. The molecule has 1 aliphatic carbocycles. The second-order valence-corrected chi connectivity index (χ2v) is 7.38. The van der Waals surface area contributed by atoms with Gasteiger partial charge in [-0.1, -0.05) is 30.3 Å². The fraction of sp³-hybridized carbons (Fsp3) is 0.500. The summed E-state index contributed by atoms with van der Waals surface area (Å²) < 4.78 is 4.37. The molecule has 2 aliphatic rings. The van der Waals surface area contributed by atoms with Gasteiger partial charge in [0, 0.05) is 19.3 Å². The van der Waals surface area contributed by atoms with Gasteiger partial charge in [-0.25, -0.2) is 5.43 Å². The normalized spacial score (nSPS) is 27.0. The minimum absolute atomic E-state index is 0.151. The van der Waals surface area contributed by atoms with Crippen LogP contribution in [0.15, 0.2) is 35.4 Å². The zero-order valence-electron chi connectivity index (χ0n) is 12.7. The maximum Gasteiger partial charge on any atom is 0.254 e. The number of halogens is 2. The number of hydrazone groups is 1. The predicted molar refractivity (Wildman–Crippen MR) is 91.1 cm³/mol. The summed E-state index contributed by atoms with van der Waals surface area (Å²) in [5, 5.41) is 4.09. The molecule has 124 valence electrons. The molecule has 3 rings (SSSR count). The van der Waals surface area contributed by atoms with Crippen LogP contribution in [0.4, 0.5) is 0 Å². The Balaban J connectivity index is 1.59. The van der Waals surface area contributed by atoms with Gasteiger partial charge in [-0.3, -0.25) is 9.69 Å². The molecular formula is C16H19Cl2N3O2. The average molecular weight is 356 g/mol. The highest BCUT2D eigenvalue weighted by Crippen LogP contribution is 2.63. The molecule has 2 fully saturated rings. The molecule has 1 saturated heterocycles. The van der Waals surface area contributed by atoms with Crippen LogP contribution < -0.4 is 5.43 Å². The Morgan fingerprint density at radius 1 is 1.30 bits per heavy atom. The molecule has 0 bridgehead atoms. The molecule has 0 radical (unpaired) electrons. The minimum atomic E-state index is -0.882. The molecule has 0 spiro atoms. The van der Waals surface area contributed by atoms with Crippen molar-refractivity contribution in [3.05, 3.63) is 35.9 Å². The number of morpholine rings is 1. The van der Waals surface area contributed by atoms with Crippen LogP contribution >= 0.6 is 23.2 Å². The Hall–Kier alpha value is -1.14. The van der Waals surface area contributed by atoms with Crippen LogP contribution in [0.5, 0.6) is 0 Å². The number of rotatable bonds is 5. The Morgan fingerprint density at radius 2 is 1.96 bits per heavy atom. The first-order valence-electron chi connectivity index (χ1n) is 7.60. The quantitative estimate of drug-likeness (QED) is 0.498. The topological polar surface area (TPSA) is 53.9 Å². The van der Waals surface area contributed by atoms with Gasteiger partial charge in [-0.2, -0.15) is 5.10 Å². The van der Waals surface area contributed by atoms with Crippen molar-refractivity contribution in [1.82, 2.24) is 10.3 Å². The van der Waals surface area contributed by atoms with Crippen molar-refractivity contribution in [3.63, 3.8) is 0 Å². The summed E-state index contributed by atoms with van der Waals surface area (Å²) in [5.41, 5.74) is 3.02. The molecule has 1 saturated carbocycles. The van der Waals surface area contributed by atoms with Crippen LogP contribution in [-0.2, 0) is 14.9 Å². The van der Waals surface area contributed by atoms with Crippen LogP contribution in [0.2, 0.25) is 0 Å². The second kappa shape index (κ2) is 6.77. The van der Waals surface area contributed by atoms with Gasteiger partial charge in [0.05, 0.1) is 25.2 Å². The van der Waals surface area contributed by atoms with Gasteiger partial charge in [0.1, 0.15) is 4.33 Å². The molecule has 1 aliphatic heterocycles. The molecule has 1 unspecified atom stereocenters. The largest absolute Gasteiger partial charge is 0.379 e. The Morgan fingerprint density at radius 3 is 2.57 bits per heavy atom. The lowest BCUT2D eigenvalue weighted by molar-refractivity contribution is -0.123. The highest BCUT2D eigenvalue weighted by molar-refractivity contribution is 6.53. The number of alkyl halides is 2. The fourth-order valence-corrected chi connectivity index (χ4v) is 3.52. The monoisotopic (exact) mass is 355 g/mol. The number of nitrogens with zero attached hydrogens (tertiary/aromatic N) is 2. The molecule has 1 heterocycles. The summed E-state index contributed by atoms with van der Waals surface area (Å²) in [4.78, 5) is 14.0. The number of benzene rings is 1. The van der Waals surface area contributed by atoms with E-state index in [-0.39, 0.29) is 5.91 Å². The van der Waals surface area contributed by atoms with Crippen molar-refractivity contribution in [2.45, 2.75) is 16.2 Å². The van der Waals surface area contributed by atoms with Crippen molar-refractivity contribution in [1.29, 1.82) is 0 Å². The maximum absolute atomic E-state index is 11.9. The van der Waals surface area contributed by atoms with Crippen molar-refractivity contribution >= 4 is 35.3 Å². The van der Waals surface area contributed by atoms with Crippen LogP contribution in [0.1, 0.15) is 12.0 Å². The highest BCUT2D eigenvalue weighted by Gasteiger charge is 2.66. The van der Waals surface area contributed by atoms with E-state index in [4.69, 9.17) is 27.9 Å². The van der Waals surface area contributed by atoms with Gasteiger partial charge >= 0.3 is 0 Å². The molecule has 7 heteroatoms. The van der Waals surface area contributed by atoms with Crippen LogP contribution in [0, 0.1) is 0 Å². The van der Waals surface area contributed by atoms with Crippen molar-refractivity contribution in [3.8, 4) is 0 Å². The molecule has 23 heavy (non-hydrogen) atoms. The standard InChI is InChI=1S/C16H19Cl2N3O2/c17-16(18)11-15(16,13-4-2-1-3-5-13)12-19-20-14(22)10-21-6-8-23-9-7-21/h1-5,12H,6-11H2,(H,20,22)/b19-12+. The first kappa shape index (κ1) is 16.7. The SMILES string of the molecule is O=C(CN1CCOCC1)N/N=C/C1(c2ccccc2)CC1(Cl)Cl. The van der Waals surface area contributed by atoms with Gasteiger partial charge in [0.15, 0.2) is 0 Å². The lowest BCUT2D eigenvalue weighted by Crippen LogP contribution is -2.42. The molecular weight excluding hydrogens is 337 g/mol. The minimum Gasteiger partial charge on any atom is -0.379 e. The molecule has 1 atom stereocenters. The van der Waals surface area contributed by atoms with Gasteiger partial charge in [0.2, 0.25) is 0 Å². The van der Waals surface area contributed by atoms with E-state index in [0.717, 1.165) is 18.7 Å². The third-order valence-electron chi connectivity index (χ3n) is 4.26. The van der Waals surface area contributed by atoms with Crippen LogP contribution in [0.25, 0.3) is 0 Å². The van der Waals surface area contributed by atoms with Gasteiger partial charge in [-0.15, -0.1) is 23.2 Å². The Kier molecular flexibility index (Phi) is 4.92. The molecule has 1 N–H and O–H groups in total. The van der Waals surface area contributed by atoms with Crippen molar-refractivity contribution in [2.24, 2.45) is 5.10 Å². The number of hydrogen-bond donors (Lipinski definition) is 1. The van der Waals surface area contributed by atoms with Gasteiger partial charge in [0.25, 0.3) is 5.91 Å². The molecule has 0 aromatic heterocycles. The fourth-order valence-electron chi connectivity index (χ4n) is 2.78. The van der Waals surface area contributed by atoms with Crippen molar-refractivity contribution < 1.29 is 9.53 Å². The summed E-state index contributed by atoms with van der Waals surface area (Å²) in [5.74, 6) is -0.151. The number of nitrogens with one attached hydrogen (secondary N) is 1. The average Bonchev–Trinajstić information content (AvgIpc) is 3.12. The lowest BCUT2D eigenvalue weighted by Gasteiger charge is -2.25. The zero-order chi connectivity index (χ0) is 16.3. The van der Waals surface area contributed by atoms with E-state index in [9.17, 15) is 4.79 Å². The summed E-state index contributed by atoms with van der Waals surface area (Å²) in [6.45, 7) is 3.16. The second-order valence-electron chi connectivity index (χ2n) is 5.90. The first-order valence-corrected chi connectivity index (χ1v) is 8.36. The molecule has 1 aromatic carbocycles. The number of carbonyl (C=O) groups excluding carboxylic acids is 1. The lowest BCUT2D eigenvalue weighted by atomic mass is 9.97. The number of ether oxygens (including phenoxy) is 1. The highest BCUT2D eigenvalue weighted by atomic mass is 35.5. The molecule has 1 aromatic rings. The van der Waals surface area contributed by atoms with E-state index in [1.54, 1.807) is 6.21 Å². The third kappa shape index (κ3) is 3.69. The van der Waals surface area contributed by atoms with E-state index in [1.807, 2.05) is 35.2 Å². The van der Waals surface area contributed by atoms with Gasteiger partial charge < -0.3 is 4.74 Å². The predicted octanol–water partition coefficient (Wildman–Crippen LogP) is 1.94. The van der Waals surface area contributed by atoms with Crippen molar-refractivity contribution in [2.75, 3.05) is 32.8 Å². The van der Waals surface area contributed by atoms with E-state index >= 15 is 0 Å². The number of carbonyl (C=O) groups is 1.